The molecule has 7 nitrogen and oxygen atoms in total. The van der Waals surface area contributed by atoms with E-state index in [1.165, 1.54) is 4.31 Å². The van der Waals surface area contributed by atoms with Gasteiger partial charge in [-0.2, -0.15) is 4.31 Å². The molecule has 3 rings (SSSR count). The number of hydrogen-bond acceptors (Lipinski definition) is 5. The Kier molecular flexibility index (Phi) is 6.43. The van der Waals surface area contributed by atoms with E-state index in [-0.39, 0.29) is 22.6 Å². The standard InChI is InChI=1S/C21H29N3O4S/c1-14-6-5-7-18(12-14)13-22-21(25)15(2)19-8-10-24(11-9-19)29(26,27)20-16(3)23-28-17(20)4/h5-7,12,15,19H,8-11,13H2,1-4H3,(H,22,25)/t15-/m0/s1. The Labute approximate surface area is 172 Å². The molecule has 1 atom stereocenters. The zero-order valence-corrected chi connectivity index (χ0v) is 18.3. The van der Waals surface area contributed by atoms with Crippen molar-refractivity contribution < 1.29 is 17.7 Å². The van der Waals surface area contributed by atoms with Crippen LogP contribution in [0.4, 0.5) is 0 Å². The fourth-order valence-corrected chi connectivity index (χ4v) is 5.74. The first-order valence-corrected chi connectivity index (χ1v) is 11.4. The number of amides is 1. The van der Waals surface area contributed by atoms with E-state index in [1.807, 2.05) is 32.0 Å². The highest BCUT2D eigenvalue weighted by molar-refractivity contribution is 7.89. The van der Waals surface area contributed by atoms with Crippen LogP contribution in [0.25, 0.3) is 0 Å². The highest BCUT2D eigenvalue weighted by Gasteiger charge is 2.36. The summed E-state index contributed by atoms with van der Waals surface area (Å²) in [4.78, 5) is 12.8. The molecule has 1 amide bonds. The molecule has 158 valence electrons. The Morgan fingerprint density at radius 1 is 1.28 bits per heavy atom. The molecule has 0 aliphatic carbocycles. The number of aromatic nitrogens is 1. The number of carbonyl (C=O) groups excluding carboxylic acids is 1. The number of piperidine rings is 1. The van der Waals surface area contributed by atoms with Crippen LogP contribution in [0.3, 0.4) is 0 Å². The quantitative estimate of drug-likeness (QED) is 0.777. The maximum absolute atomic E-state index is 12.9. The van der Waals surface area contributed by atoms with Crippen molar-refractivity contribution in [1.29, 1.82) is 0 Å². The number of benzene rings is 1. The third-order valence-electron chi connectivity index (χ3n) is 5.73. The van der Waals surface area contributed by atoms with E-state index in [0.29, 0.717) is 43.9 Å². The molecule has 1 aliphatic heterocycles. The minimum absolute atomic E-state index is 0.0125. The summed E-state index contributed by atoms with van der Waals surface area (Å²) in [7, 11) is -3.62. The number of aryl methyl sites for hydroxylation is 3. The van der Waals surface area contributed by atoms with Crippen LogP contribution in [0, 0.1) is 32.6 Å². The van der Waals surface area contributed by atoms with E-state index in [4.69, 9.17) is 4.52 Å². The topological polar surface area (TPSA) is 92.5 Å². The van der Waals surface area contributed by atoms with E-state index in [0.717, 1.165) is 11.1 Å². The van der Waals surface area contributed by atoms with Crippen LogP contribution in [0.1, 0.15) is 42.3 Å². The van der Waals surface area contributed by atoms with Crippen molar-refractivity contribution in [2.24, 2.45) is 11.8 Å². The van der Waals surface area contributed by atoms with Gasteiger partial charge in [-0.1, -0.05) is 41.9 Å². The van der Waals surface area contributed by atoms with Gasteiger partial charge in [0, 0.05) is 25.6 Å². The minimum atomic E-state index is -3.62. The summed E-state index contributed by atoms with van der Waals surface area (Å²) in [5.41, 5.74) is 2.62. The fourth-order valence-electron chi connectivity index (χ4n) is 3.97. The molecule has 1 fully saturated rings. The fraction of sp³-hybridized carbons (Fsp3) is 0.524. The second-order valence-corrected chi connectivity index (χ2v) is 9.77. The van der Waals surface area contributed by atoms with Crippen LogP contribution in [0.5, 0.6) is 0 Å². The van der Waals surface area contributed by atoms with Gasteiger partial charge in [-0.3, -0.25) is 4.79 Å². The van der Waals surface area contributed by atoms with E-state index in [9.17, 15) is 13.2 Å². The van der Waals surface area contributed by atoms with E-state index < -0.39 is 10.0 Å². The first kappa shape index (κ1) is 21.5. The highest BCUT2D eigenvalue weighted by Crippen LogP contribution is 2.30. The Bertz CT molecular complexity index is 956. The molecule has 8 heteroatoms. The summed E-state index contributed by atoms with van der Waals surface area (Å²) in [6.45, 7) is 8.49. The van der Waals surface area contributed by atoms with Gasteiger partial charge in [0.2, 0.25) is 15.9 Å². The van der Waals surface area contributed by atoms with Gasteiger partial charge < -0.3 is 9.84 Å². The van der Waals surface area contributed by atoms with Crippen molar-refractivity contribution in [2.75, 3.05) is 13.1 Å². The molecule has 0 bridgehead atoms. The lowest BCUT2D eigenvalue weighted by atomic mass is 9.85. The van der Waals surface area contributed by atoms with Gasteiger partial charge in [0.15, 0.2) is 5.76 Å². The number of carbonyl (C=O) groups is 1. The molecular weight excluding hydrogens is 390 g/mol. The van der Waals surface area contributed by atoms with Gasteiger partial charge in [0.25, 0.3) is 0 Å². The SMILES string of the molecule is Cc1cccc(CNC(=O)[C@@H](C)C2CCN(S(=O)(=O)c3c(C)noc3C)CC2)c1. The van der Waals surface area contributed by atoms with Crippen molar-refractivity contribution in [3.8, 4) is 0 Å². The predicted molar refractivity (Wildman–Crippen MR) is 110 cm³/mol. The number of sulfonamides is 1. The molecular formula is C21H29N3O4S. The summed E-state index contributed by atoms with van der Waals surface area (Å²) in [6, 6.07) is 8.06. The first-order valence-electron chi connectivity index (χ1n) is 9.96. The second kappa shape index (κ2) is 8.67. The molecule has 0 spiro atoms. The zero-order valence-electron chi connectivity index (χ0n) is 17.4. The monoisotopic (exact) mass is 419 g/mol. The van der Waals surface area contributed by atoms with E-state index in [1.54, 1.807) is 13.8 Å². The van der Waals surface area contributed by atoms with Crippen LogP contribution < -0.4 is 5.32 Å². The van der Waals surface area contributed by atoms with Gasteiger partial charge in [-0.25, -0.2) is 8.42 Å². The maximum atomic E-state index is 12.9. The smallest absolute Gasteiger partial charge is 0.248 e. The summed E-state index contributed by atoms with van der Waals surface area (Å²) in [6.07, 6.45) is 1.31. The van der Waals surface area contributed by atoms with Crippen LogP contribution in [-0.2, 0) is 21.4 Å². The minimum Gasteiger partial charge on any atom is -0.360 e. The molecule has 1 N–H and O–H groups in total. The van der Waals surface area contributed by atoms with Crippen LogP contribution in [0.15, 0.2) is 33.7 Å². The van der Waals surface area contributed by atoms with E-state index in [2.05, 4.69) is 16.5 Å². The van der Waals surface area contributed by atoms with Crippen LogP contribution in [-0.4, -0.2) is 36.9 Å². The Balaban J connectivity index is 1.56. The molecule has 29 heavy (non-hydrogen) atoms. The average Bonchev–Trinajstić information content (AvgIpc) is 3.04. The number of nitrogens with zero attached hydrogens (tertiary/aromatic N) is 2. The molecule has 0 unspecified atom stereocenters. The molecule has 1 aromatic carbocycles. The van der Waals surface area contributed by atoms with Gasteiger partial charge in [0.1, 0.15) is 10.6 Å². The molecule has 1 aliphatic rings. The normalized spacial score (nSPS) is 17.2. The lowest BCUT2D eigenvalue weighted by Gasteiger charge is -2.33. The zero-order chi connectivity index (χ0) is 21.2. The van der Waals surface area contributed by atoms with Gasteiger partial charge in [-0.05, 0) is 45.1 Å². The predicted octanol–water partition coefficient (Wildman–Crippen LogP) is 2.95. The van der Waals surface area contributed by atoms with Crippen molar-refractivity contribution in [3.63, 3.8) is 0 Å². The average molecular weight is 420 g/mol. The van der Waals surface area contributed by atoms with Crippen molar-refractivity contribution >= 4 is 15.9 Å². The molecule has 2 heterocycles. The molecule has 1 saturated heterocycles. The third-order valence-corrected chi connectivity index (χ3v) is 7.88. The van der Waals surface area contributed by atoms with Crippen molar-refractivity contribution in [3.05, 3.63) is 46.8 Å². The number of hydrogen-bond donors (Lipinski definition) is 1. The van der Waals surface area contributed by atoms with Crippen LogP contribution >= 0.6 is 0 Å². The lowest BCUT2D eigenvalue weighted by Crippen LogP contribution is -2.42. The maximum Gasteiger partial charge on any atom is 0.248 e. The molecule has 1 aromatic heterocycles. The Morgan fingerprint density at radius 3 is 2.55 bits per heavy atom. The van der Waals surface area contributed by atoms with Crippen molar-refractivity contribution in [2.45, 2.75) is 52.0 Å². The molecule has 0 radical (unpaired) electrons. The number of nitrogens with one attached hydrogen (secondary N) is 1. The van der Waals surface area contributed by atoms with Crippen LogP contribution in [0.2, 0.25) is 0 Å². The highest BCUT2D eigenvalue weighted by atomic mass is 32.2. The van der Waals surface area contributed by atoms with E-state index >= 15 is 0 Å². The molecule has 2 aromatic rings. The first-order chi connectivity index (χ1) is 13.7. The summed E-state index contributed by atoms with van der Waals surface area (Å²) in [5.74, 6) is 0.319. The van der Waals surface area contributed by atoms with Crippen molar-refractivity contribution in [1.82, 2.24) is 14.8 Å². The molecule has 0 saturated carbocycles. The van der Waals surface area contributed by atoms with Gasteiger partial charge >= 0.3 is 0 Å². The van der Waals surface area contributed by atoms with Gasteiger partial charge in [0.05, 0.1) is 0 Å². The summed E-state index contributed by atoms with van der Waals surface area (Å²) in [5, 5.41) is 6.77. The Morgan fingerprint density at radius 2 is 1.97 bits per heavy atom. The summed E-state index contributed by atoms with van der Waals surface area (Å²) >= 11 is 0. The second-order valence-electron chi connectivity index (χ2n) is 7.89. The Hall–Kier alpha value is -2.19. The lowest BCUT2D eigenvalue weighted by molar-refractivity contribution is -0.126. The summed E-state index contributed by atoms with van der Waals surface area (Å²) < 4.78 is 32.4. The third kappa shape index (κ3) is 4.70. The largest absolute Gasteiger partial charge is 0.360 e. The number of rotatable bonds is 6. The van der Waals surface area contributed by atoms with Gasteiger partial charge in [-0.15, -0.1) is 0 Å².